The molecule has 0 aliphatic carbocycles. The molecule has 1 atom stereocenters. The van der Waals surface area contributed by atoms with Crippen LogP contribution < -0.4 is 0 Å². The van der Waals surface area contributed by atoms with Gasteiger partial charge in [0.2, 0.25) is 0 Å². The molecule has 1 heteroatoms. The monoisotopic (exact) mass is 140 g/mol. The van der Waals surface area contributed by atoms with E-state index in [9.17, 15) is 4.79 Å². The summed E-state index contributed by atoms with van der Waals surface area (Å²) < 4.78 is 0. The first kappa shape index (κ1) is 9.41. The van der Waals surface area contributed by atoms with Gasteiger partial charge in [-0.15, -0.1) is 0 Å². The third-order valence-corrected chi connectivity index (χ3v) is 1.74. The van der Waals surface area contributed by atoms with Crippen LogP contribution in [0.15, 0.2) is 12.2 Å². The number of aldehydes is 1. The average Bonchev–Trinajstić information content (AvgIpc) is 1.98. The van der Waals surface area contributed by atoms with Crippen LogP contribution in [-0.4, -0.2) is 6.29 Å². The van der Waals surface area contributed by atoms with Gasteiger partial charge < -0.3 is 0 Å². The van der Waals surface area contributed by atoms with E-state index in [0.29, 0.717) is 0 Å². The number of rotatable bonds is 5. The van der Waals surface area contributed by atoms with E-state index >= 15 is 0 Å². The van der Waals surface area contributed by atoms with Crippen LogP contribution in [0.2, 0.25) is 0 Å². The van der Waals surface area contributed by atoms with Gasteiger partial charge in [-0.3, -0.25) is 4.79 Å². The van der Waals surface area contributed by atoms with Crippen molar-refractivity contribution in [2.75, 3.05) is 0 Å². The largest absolute Gasteiger partial charge is 0.299 e. The summed E-state index contributed by atoms with van der Waals surface area (Å²) in [6, 6.07) is 0. The van der Waals surface area contributed by atoms with Gasteiger partial charge in [0.05, 0.1) is 0 Å². The molecule has 0 heterocycles. The predicted octanol–water partition coefficient (Wildman–Crippen LogP) is 2.57. The summed E-state index contributed by atoms with van der Waals surface area (Å²) in [5.41, 5.74) is 0. The zero-order valence-corrected chi connectivity index (χ0v) is 6.84. The topological polar surface area (TPSA) is 17.1 Å². The van der Waals surface area contributed by atoms with Crippen LogP contribution in [-0.2, 0) is 4.79 Å². The smallest absolute Gasteiger partial charge is 0.142 e. The molecule has 0 saturated heterocycles. The normalized spacial score (nSPS) is 13.8. The molecule has 0 N–H and O–H groups in total. The minimum Gasteiger partial charge on any atom is -0.299 e. The number of hydrogen-bond donors (Lipinski definition) is 0. The quantitative estimate of drug-likeness (QED) is 0.423. The van der Waals surface area contributed by atoms with E-state index in [2.05, 4.69) is 13.8 Å². The Labute approximate surface area is 63.1 Å². The lowest BCUT2D eigenvalue weighted by Gasteiger charge is -2.03. The molecule has 0 aromatic carbocycles. The standard InChI is InChI=1S/C9H16O/c1-3-9(2)7-5-4-6-8-10/h4,6,8-9H,3,5,7H2,1-2H3. The molecule has 1 unspecified atom stereocenters. The first-order chi connectivity index (χ1) is 4.81. The zero-order valence-electron chi connectivity index (χ0n) is 6.84. The lowest BCUT2D eigenvalue weighted by Crippen LogP contribution is -1.89. The molecule has 0 saturated carbocycles. The lowest BCUT2D eigenvalue weighted by molar-refractivity contribution is -0.104. The Morgan fingerprint density at radius 1 is 1.50 bits per heavy atom. The summed E-state index contributed by atoms with van der Waals surface area (Å²) in [5.74, 6) is 0.788. The van der Waals surface area contributed by atoms with Crippen molar-refractivity contribution in [3.63, 3.8) is 0 Å². The molecule has 1 nitrogen and oxygen atoms in total. The summed E-state index contributed by atoms with van der Waals surface area (Å²) in [4.78, 5) is 9.83. The summed E-state index contributed by atoms with van der Waals surface area (Å²) >= 11 is 0. The molecule has 10 heavy (non-hydrogen) atoms. The number of allylic oxidation sites excluding steroid dienone is 2. The Morgan fingerprint density at radius 3 is 2.70 bits per heavy atom. The van der Waals surface area contributed by atoms with Gasteiger partial charge in [-0.2, -0.15) is 0 Å². The van der Waals surface area contributed by atoms with Crippen molar-refractivity contribution in [3.8, 4) is 0 Å². The van der Waals surface area contributed by atoms with Crippen LogP contribution in [0.4, 0.5) is 0 Å². The molecule has 0 radical (unpaired) electrons. The van der Waals surface area contributed by atoms with Crippen LogP contribution >= 0.6 is 0 Å². The molecule has 0 aromatic heterocycles. The SMILES string of the molecule is CCC(C)CCC=CC=O. The zero-order chi connectivity index (χ0) is 7.82. The highest BCUT2D eigenvalue weighted by Crippen LogP contribution is 2.08. The van der Waals surface area contributed by atoms with Gasteiger partial charge in [-0.25, -0.2) is 0 Å². The molecule has 58 valence electrons. The summed E-state index contributed by atoms with van der Waals surface area (Å²) in [6.07, 6.45) is 7.79. The van der Waals surface area contributed by atoms with Gasteiger partial charge in [-0.05, 0) is 24.8 Å². The Balaban J connectivity index is 3.18. The Hall–Kier alpha value is -0.590. The third kappa shape index (κ3) is 5.54. The lowest BCUT2D eigenvalue weighted by atomic mass is 10.0. The van der Waals surface area contributed by atoms with Crippen molar-refractivity contribution in [3.05, 3.63) is 12.2 Å². The highest BCUT2D eigenvalue weighted by atomic mass is 16.1. The second-order valence-electron chi connectivity index (χ2n) is 2.66. The molecule has 0 aromatic rings. The second kappa shape index (κ2) is 6.53. The summed E-state index contributed by atoms with van der Waals surface area (Å²) in [6.45, 7) is 4.42. The average molecular weight is 140 g/mol. The van der Waals surface area contributed by atoms with E-state index in [1.54, 1.807) is 6.08 Å². The van der Waals surface area contributed by atoms with Crippen LogP contribution in [0.5, 0.6) is 0 Å². The van der Waals surface area contributed by atoms with Gasteiger partial charge in [0, 0.05) is 0 Å². The number of carbonyl (C=O) groups is 1. The number of hydrogen-bond acceptors (Lipinski definition) is 1. The molecule has 0 aliphatic heterocycles. The molecular formula is C9H16O. The van der Waals surface area contributed by atoms with Gasteiger partial charge in [-0.1, -0.05) is 26.3 Å². The minimum atomic E-state index is 0.788. The number of carbonyl (C=O) groups excluding carboxylic acids is 1. The fourth-order valence-electron chi connectivity index (χ4n) is 0.737. The minimum absolute atomic E-state index is 0.788. The van der Waals surface area contributed by atoms with Crippen molar-refractivity contribution in [2.24, 2.45) is 5.92 Å². The van der Waals surface area contributed by atoms with Crippen molar-refractivity contribution < 1.29 is 4.79 Å². The predicted molar refractivity (Wildman–Crippen MR) is 43.9 cm³/mol. The van der Waals surface area contributed by atoms with Crippen molar-refractivity contribution in [1.82, 2.24) is 0 Å². The first-order valence-electron chi connectivity index (χ1n) is 3.91. The van der Waals surface area contributed by atoms with Crippen molar-refractivity contribution >= 4 is 6.29 Å². The van der Waals surface area contributed by atoms with E-state index in [4.69, 9.17) is 0 Å². The van der Waals surface area contributed by atoms with E-state index in [-0.39, 0.29) is 0 Å². The van der Waals surface area contributed by atoms with Gasteiger partial charge in [0.25, 0.3) is 0 Å². The van der Waals surface area contributed by atoms with Gasteiger partial charge >= 0.3 is 0 Å². The van der Waals surface area contributed by atoms with E-state index in [0.717, 1.165) is 18.6 Å². The van der Waals surface area contributed by atoms with Crippen LogP contribution in [0.3, 0.4) is 0 Å². The second-order valence-corrected chi connectivity index (χ2v) is 2.66. The Bertz CT molecular complexity index is 105. The third-order valence-electron chi connectivity index (χ3n) is 1.74. The summed E-state index contributed by atoms with van der Waals surface area (Å²) in [5, 5.41) is 0. The van der Waals surface area contributed by atoms with Crippen LogP contribution in [0.1, 0.15) is 33.1 Å². The molecule has 0 spiro atoms. The molecule has 0 rings (SSSR count). The Kier molecular flexibility index (Phi) is 6.14. The maximum Gasteiger partial charge on any atom is 0.142 e. The molecule has 0 aliphatic rings. The molecule has 0 bridgehead atoms. The summed E-state index contributed by atoms with van der Waals surface area (Å²) in [7, 11) is 0. The van der Waals surface area contributed by atoms with Gasteiger partial charge in [0.1, 0.15) is 6.29 Å². The van der Waals surface area contributed by atoms with E-state index in [1.807, 2.05) is 6.08 Å². The van der Waals surface area contributed by atoms with Gasteiger partial charge in [0.15, 0.2) is 0 Å². The van der Waals surface area contributed by atoms with Crippen LogP contribution in [0.25, 0.3) is 0 Å². The molecule has 0 amide bonds. The van der Waals surface area contributed by atoms with Crippen LogP contribution in [0, 0.1) is 5.92 Å². The maximum absolute atomic E-state index is 9.83. The molecular weight excluding hydrogens is 124 g/mol. The highest BCUT2D eigenvalue weighted by molar-refractivity contribution is 5.64. The molecule has 0 fully saturated rings. The fourth-order valence-corrected chi connectivity index (χ4v) is 0.737. The fraction of sp³-hybridized carbons (Fsp3) is 0.667. The van der Waals surface area contributed by atoms with E-state index in [1.165, 1.54) is 12.8 Å². The first-order valence-corrected chi connectivity index (χ1v) is 3.91. The van der Waals surface area contributed by atoms with E-state index < -0.39 is 0 Å². The Morgan fingerprint density at radius 2 is 2.20 bits per heavy atom. The van der Waals surface area contributed by atoms with Crippen molar-refractivity contribution in [1.29, 1.82) is 0 Å². The highest BCUT2D eigenvalue weighted by Gasteiger charge is 1.94. The maximum atomic E-state index is 9.83. The van der Waals surface area contributed by atoms with Crippen molar-refractivity contribution in [2.45, 2.75) is 33.1 Å².